The Kier molecular flexibility index (Phi) is 5.33. The van der Waals surface area contributed by atoms with Crippen LogP contribution in [0.4, 0.5) is 0 Å². The van der Waals surface area contributed by atoms with Gasteiger partial charge in [-0.05, 0) is 55.8 Å². The predicted molar refractivity (Wildman–Crippen MR) is 116 cm³/mol. The van der Waals surface area contributed by atoms with Crippen molar-refractivity contribution in [2.45, 2.75) is 38.3 Å². The Morgan fingerprint density at radius 2 is 1.93 bits per heavy atom. The van der Waals surface area contributed by atoms with Gasteiger partial charge < -0.3 is 9.80 Å². The van der Waals surface area contributed by atoms with Crippen molar-refractivity contribution in [1.29, 1.82) is 0 Å². The summed E-state index contributed by atoms with van der Waals surface area (Å²) in [5.74, 6) is 0.471. The van der Waals surface area contributed by atoms with Crippen LogP contribution in [-0.2, 0) is 11.3 Å². The summed E-state index contributed by atoms with van der Waals surface area (Å²) in [7, 11) is 0. The largest absolute Gasteiger partial charge is 0.338 e. The van der Waals surface area contributed by atoms with Gasteiger partial charge in [0.15, 0.2) is 0 Å². The minimum atomic E-state index is -0.210. The molecule has 0 aliphatic carbocycles. The number of aromatic nitrogens is 1. The number of rotatable bonds is 4. The van der Waals surface area contributed by atoms with Gasteiger partial charge in [-0.25, -0.2) is 0 Å². The summed E-state index contributed by atoms with van der Waals surface area (Å²) in [6, 6.07) is 10.2. The smallest absolute Gasteiger partial charge is 0.263 e. The van der Waals surface area contributed by atoms with Gasteiger partial charge in [0.1, 0.15) is 0 Å². The Bertz CT molecular complexity index is 895. The van der Waals surface area contributed by atoms with E-state index in [-0.39, 0.29) is 11.3 Å². The zero-order valence-corrected chi connectivity index (χ0v) is 18.0. The molecule has 3 aliphatic rings. The molecule has 1 atom stereocenters. The summed E-state index contributed by atoms with van der Waals surface area (Å²) >= 11 is 1.52. The van der Waals surface area contributed by atoms with E-state index in [4.69, 9.17) is 0 Å². The molecule has 3 aliphatic heterocycles. The van der Waals surface area contributed by atoms with Gasteiger partial charge in [-0.1, -0.05) is 12.1 Å². The first-order valence-corrected chi connectivity index (χ1v) is 11.8. The Hall–Kier alpha value is -2.25. The molecule has 7 heteroatoms. The van der Waals surface area contributed by atoms with Crippen LogP contribution in [0.1, 0.15) is 41.0 Å². The zero-order valence-electron chi connectivity index (χ0n) is 17.2. The molecule has 6 nitrogen and oxygen atoms in total. The van der Waals surface area contributed by atoms with Crippen molar-refractivity contribution in [3.63, 3.8) is 0 Å². The normalized spacial score (nSPS) is 25.5. The van der Waals surface area contributed by atoms with Crippen LogP contribution in [0, 0.1) is 5.41 Å². The van der Waals surface area contributed by atoms with Crippen molar-refractivity contribution in [1.82, 2.24) is 19.7 Å². The lowest BCUT2D eigenvalue weighted by Gasteiger charge is -2.37. The summed E-state index contributed by atoms with van der Waals surface area (Å²) in [5.41, 5.74) is 0.749. The highest BCUT2D eigenvalue weighted by molar-refractivity contribution is 7.12. The second-order valence-electron chi connectivity index (χ2n) is 8.80. The zero-order chi connectivity index (χ0) is 20.6. The average Bonchev–Trinajstić information content (AvgIpc) is 3.53. The van der Waals surface area contributed by atoms with E-state index in [1.807, 2.05) is 45.5 Å². The van der Waals surface area contributed by atoms with Crippen molar-refractivity contribution < 1.29 is 9.59 Å². The molecule has 2 amide bonds. The lowest BCUT2D eigenvalue weighted by molar-refractivity contribution is -0.136. The van der Waals surface area contributed by atoms with E-state index < -0.39 is 0 Å². The summed E-state index contributed by atoms with van der Waals surface area (Å²) in [6.45, 7) is 4.93. The topological polar surface area (TPSA) is 56.8 Å². The number of amides is 2. The number of piperidine rings is 1. The van der Waals surface area contributed by atoms with Crippen LogP contribution in [-0.4, -0.2) is 70.3 Å². The molecule has 0 bridgehead atoms. The molecule has 1 spiro atoms. The van der Waals surface area contributed by atoms with Gasteiger partial charge in [0.2, 0.25) is 5.91 Å². The molecule has 30 heavy (non-hydrogen) atoms. The molecule has 1 unspecified atom stereocenters. The number of likely N-dealkylation sites (tertiary alicyclic amines) is 3. The lowest BCUT2D eigenvalue weighted by Crippen LogP contribution is -2.47. The Labute approximate surface area is 181 Å². The minimum Gasteiger partial charge on any atom is -0.338 e. The highest BCUT2D eigenvalue weighted by atomic mass is 32.1. The van der Waals surface area contributed by atoms with Crippen molar-refractivity contribution in [2.24, 2.45) is 5.41 Å². The van der Waals surface area contributed by atoms with Crippen molar-refractivity contribution >= 4 is 23.2 Å². The molecule has 0 N–H and O–H groups in total. The van der Waals surface area contributed by atoms with E-state index in [2.05, 4.69) is 9.88 Å². The fourth-order valence-corrected chi connectivity index (χ4v) is 6.01. The van der Waals surface area contributed by atoms with Gasteiger partial charge >= 0.3 is 0 Å². The number of hydrogen-bond acceptors (Lipinski definition) is 5. The second kappa shape index (κ2) is 8.12. The fraction of sp³-hybridized carbons (Fsp3) is 0.522. The maximum Gasteiger partial charge on any atom is 0.263 e. The van der Waals surface area contributed by atoms with E-state index in [0.717, 1.165) is 69.0 Å². The molecule has 158 valence electrons. The molecular weight excluding hydrogens is 396 g/mol. The lowest BCUT2D eigenvalue weighted by atomic mass is 9.85. The molecule has 2 aromatic rings. The van der Waals surface area contributed by atoms with Crippen molar-refractivity contribution in [3.8, 4) is 0 Å². The number of nitrogens with zero attached hydrogens (tertiary/aromatic N) is 4. The fourth-order valence-electron chi connectivity index (χ4n) is 5.32. The van der Waals surface area contributed by atoms with Gasteiger partial charge in [-0.3, -0.25) is 19.5 Å². The van der Waals surface area contributed by atoms with E-state index >= 15 is 0 Å². The van der Waals surface area contributed by atoms with E-state index in [1.54, 1.807) is 6.20 Å². The molecule has 5 heterocycles. The molecular formula is C23H28N4O2S. The summed E-state index contributed by atoms with van der Waals surface area (Å²) in [4.78, 5) is 37.6. The first-order chi connectivity index (χ1) is 14.6. The minimum absolute atomic E-state index is 0.164. The Balaban J connectivity index is 1.16. The highest BCUT2D eigenvalue weighted by Crippen LogP contribution is 2.42. The third-order valence-corrected chi connectivity index (χ3v) is 7.92. The molecule has 2 aromatic heterocycles. The third kappa shape index (κ3) is 3.65. The number of carbonyl (C=O) groups is 2. The molecule has 0 radical (unpaired) electrons. The Morgan fingerprint density at radius 3 is 2.67 bits per heavy atom. The van der Waals surface area contributed by atoms with Crippen LogP contribution in [0.15, 0.2) is 41.9 Å². The van der Waals surface area contributed by atoms with E-state index in [1.165, 1.54) is 11.3 Å². The van der Waals surface area contributed by atoms with Gasteiger partial charge in [-0.15, -0.1) is 11.3 Å². The number of thiophene rings is 1. The first-order valence-electron chi connectivity index (χ1n) is 10.9. The number of pyridine rings is 1. The van der Waals surface area contributed by atoms with Crippen LogP contribution in [0.5, 0.6) is 0 Å². The third-order valence-electron chi connectivity index (χ3n) is 7.06. The van der Waals surface area contributed by atoms with Crippen molar-refractivity contribution in [2.75, 3.05) is 32.7 Å². The molecule has 0 aromatic carbocycles. The second-order valence-corrected chi connectivity index (χ2v) is 9.75. The first kappa shape index (κ1) is 19.7. The monoisotopic (exact) mass is 424 g/mol. The predicted octanol–water partition coefficient (Wildman–Crippen LogP) is 2.87. The Morgan fingerprint density at radius 1 is 1.10 bits per heavy atom. The maximum atomic E-state index is 13.3. The molecule has 5 rings (SSSR count). The van der Waals surface area contributed by atoms with Gasteiger partial charge in [-0.2, -0.15) is 0 Å². The van der Waals surface area contributed by atoms with Gasteiger partial charge in [0, 0.05) is 38.4 Å². The highest BCUT2D eigenvalue weighted by Gasteiger charge is 2.51. The number of hydrogen-bond donors (Lipinski definition) is 0. The van der Waals surface area contributed by atoms with E-state index in [0.29, 0.717) is 18.5 Å². The summed E-state index contributed by atoms with van der Waals surface area (Å²) in [5, 5.41) is 1.96. The maximum absolute atomic E-state index is 13.3. The summed E-state index contributed by atoms with van der Waals surface area (Å²) < 4.78 is 0. The van der Waals surface area contributed by atoms with Crippen LogP contribution >= 0.6 is 11.3 Å². The van der Waals surface area contributed by atoms with Gasteiger partial charge in [0.25, 0.3) is 5.91 Å². The van der Waals surface area contributed by atoms with Crippen molar-refractivity contribution in [3.05, 3.63) is 52.5 Å². The quantitative estimate of drug-likeness (QED) is 0.757. The molecule has 0 saturated carbocycles. The summed E-state index contributed by atoms with van der Waals surface area (Å²) in [6.07, 6.45) is 5.69. The van der Waals surface area contributed by atoms with Gasteiger partial charge in [0.05, 0.1) is 22.5 Å². The van der Waals surface area contributed by atoms with Crippen LogP contribution in [0.3, 0.4) is 0 Å². The average molecular weight is 425 g/mol. The molecule has 3 saturated heterocycles. The van der Waals surface area contributed by atoms with Crippen LogP contribution in [0.2, 0.25) is 0 Å². The SMILES string of the molecule is O=C(c1cccs1)N1CCC(N2CCC3(CCN(Cc4ccccn4)C3=O)C2)CC1. The van der Waals surface area contributed by atoms with Crippen LogP contribution in [0.25, 0.3) is 0 Å². The number of carbonyl (C=O) groups excluding carboxylic acids is 2. The van der Waals surface area contributed by atoms with E-state index in [9.17, 15) is 9.59 Å². The molecule has 3 fully saturated rings. The van der Waals surface area contributed by atoms with Crippen LogP contribution < -0.4 is 0 Å². The standard InChI is InChI=1S/C23H28N4O2S/c28-21(20-5-3-15-30-20)25-11-6-19(7-12-25)27-14-9-23(17-27)8-13-26(22(23)29)16-18-4-1-2-10-24-18/h1-5,10,15,19H,6-9,11-14,16-17H2.